The second-order valence-corrected chi connectivity index (χ2v) is 2.39. The number of Topliss-reactive ketones (excluding diaryl/α,β-unsaturated/α-hetero) is 1. The number of esters is 1. The molecule has 3 nitrogen and oxygen atoms in total. The van der Waals surface area contributed by atoms with Crippen LogP contribution in [0, 0.1) is 0 Å². The maximum Gasteiger partial charge on any atom is 0.450 e. The molecule has 0 bridgehead atoms. The van der Waals surface area contributed by atoms with Crippen molar-refractivity contribution in [2.24, 2.45) is 0 Å². The van der Waals surface area contributed by atoms with E-state index in [0.717, 1.165) is 0 Å². The van der Waals surface area contributed by atoms with Crippen LogP contribution in [0.1, 0.15) is 6.42 Å². The van der Waals surface area contributed by atoms with Gasteiger partial charge in [-0.25, -0.2) is 0 Å². The van der Waals surface area contributed by atoms with Crippen LogP contribution < -0.4 is 0 Å². The largest absolute Gasteiger partial charge is 0.464 e. The highest BCUT2D eigenvalue weighted by Gasteiger charge is 2.39. The molecule has 76 valence electrons. The first-order valence-corrected chi connectivity index (χ1v) is 3.73. The summed E-state index contributed by atoms with van der Waals surface area (Å²) in [7, 11) is 0. The number of hydrogen-bond donors (Lipinski definition) is 0. The van der Waals surface area contributed by atoms with Gasteiger partial charge in [-0.3, -0.25) is 9.59 Å². The van der Waals surface area contributed by atoms with Gasteiger partial charge in [0.2, 0.25) is 5.78 Å². The van der Waals surface area contributed by atoms with E-state index in [0.29, 0.717) is 0 Å². The lowest BCUT2D eigenvalue weighted by molar-refractivity contribution is -0.174. The Morgan fingerprint density at radius 2 is 1.85 bits per heavy atom. The molecule has 0 heterocycles. The van der Waals surface area contributed by atoms with E-state index in [-0.39, 0.29) is 12.5 Å². The van der Waals surface area contributed by atoms with Gasteiger partial charge in [0.1, 0.15) is 13.0 Å². The Balaban J connectivity index is 3.86. The molecule has 13 heavy (non-hydrogen) atoms. The predicted molar refractivity (Wildman–Crippen MR) is 37.4 cm³/mol. The number of ketones is 1. The molecule has 0 aromatic rings. The Hall–Kier alpha value is -0.780. The lowest BCUT2D eigenvalue weighted by Gasteiger charge is -2.04. The fourth-order valence-corrected chi connectivity index (χ4v) is 0.512. The summed E-state index contributed by atoms with van der Waals surface area (Å²) in [5.74, 6) is -3.36. The van der Waals surface area contributed by atoms with Gasteiger partial charge >= 0.3 is 12.1 Å². The predicted octanol–water partition coefficient (Wildman–Crippen LogP) is 1.29. The van der Waals surface area contributed by atoms with Crippen LogP contribution in [-0.4, -0.2) is 30.4 Å². The molecule has 0 amide bonds. The smallest absolute Gasteiger partial charge is 0.450 e. The van der Waals surface area contributed by atoms with Gasteiger partial charge in [-0.05, 0) is 0 Å². The van der Waals surface area contributed by atoms with Crippen molar-refractivity contribution in [1.29, 1.82) is 0 Å². The van der Waals surface area contributed by atoms with Crippen LogP contribution in [0.2, 0.25) is 0 Å². The van der Waals surface area contributed by atoms with E-state index >= 15 is 0 Å². The first kappa shape index (κ1) is 12.2. The molecule has 0 fully saturated rings. The molecule has 7 heteroatoms. The molecule has 0 atom stereocenters. The van der Waals surface area contributed by atoms with E-state index in [9.17, 15) is 22.8 Å². The third-order valence-corrected chi connectivity index (χ3v) is 1.12. The molecule has 0 aromatic carbocycles. The van der Waals surface area contributed by atoms with Gasteiger partial charge in [-0.1, -0.05) is 0 Å². The molecule has 0 spiro atoms. The first-order valence-electron chi connectivity index (χ1n) is 3.19. The van der Waals surface area contributed by atoms with Crippen LogP contribution in [0.4, 0.5) is 13.2 Å². The fraction of sp³-hybridized carbons (Fsp3) is 0.667. The number of carbonyl (C=O) groups is 2. The summed E-state index contributed by atoms with van der Waals surface area (Å²) >= 11 is 5.09. The number of carbonyl (C=O) groups excluding carboxylic acids is 2. The lowest BCUT2D eigenvalue weighted by atomic mass is 10.3. The summed E-state index contributed by atoms with van der Waals surface area (Å²) in [5, 5.41) is 0. The number of alkyl halides is 4. The Kier molecular flexibility index (Phi) is 4.76. The maximum atomic E-state index is 11.5. The summed E-state index contributed by atoms with van der Waals surface area (Å²) in [6.45, 7) is -0.203. The minimum Gasteiger partial charge on any atom is -0.464 e. The fourth-order valence-electron chi connectivity index (χ4n) is 0.435. The van der Waals surface area contributed by atoms with E-state index in [2.05, 4.69) is 4.74 Å². The minimum atomic E-state index is -4.99. The summed E-state index contributed by atoms with van der Waals surface area (Å²) < 4.78 is 38.8. The second kappa shape index (κ2) is 5.06. The third kappa shape index (κ3) is 5.46. The van der Waals surface area contributed by atoms with Crippen molar-refractivity contribution in [1.82, 2.24) is 0 Å². The molecule has 0 saturated heterocycles. The van der Waals surface area contributed by atoms with Crippen LogP contribution in [0.15, 0.2) is 0 Å². The molecule has 0 radical (unpaired) electrons. The van der Waals surface area contributed by atoms with Crippen LogP contribution >= 0.6 is 11.6 Å². The highest BCUT2D eigenvalue weighted by atomic mass is 35.5. The summed E-state index contributed by atoms with van der Waals surface area (Å²) in [5.41, 5.74) is 0. The van der Waals surface area contributed by atoms with Gasteiger partial charge in [0.05, 0.1) is 5.88 Å². The summed E-state index contributed by atoms with van der Waals surface area (Å²) in [6.07, 6.45) is -6.28. The van der Waals surface area contributed by atoms with Crippen molar-refractivity contribution in [3.05, 3.63) is 0 Å². The van der Waals surface area contributed by atoms with Gasteiger partial charge in [-0.2, -0.15) is 13.2 Å². The monoisotopic (exact) mass is 218 g/mol. The number of hydrogen-bond acceptors (Lipinski definition) is 3. The molecule has 0 aliphatic carbocycles. The van der Waals surface area contributed by atoms with E-state index in [1.165, 1.54) is 0 Å². The highest BCUT2D eigenvalue weighted by Crippen LogP contribution is 2.17. The molecule has 0 saturated carbocycles. The average molecular weight is 219 g/mol. The molecule has 0 rings (SSSR count). The van der Waals surface area contributed by atoms with Crippen molar-refractivity contribution in [3.63, 3.8) is 0 Å². The van der Waals surface area contributed by atoms with Crippen molar-refractivity contribution in [2.75, 3.05) is 12.5 Å². The van der Waals surface area contributed by atoms with Crippen molar-refractivity contribution < 1.29 is 27.5 Å². The Labute approximate surface area is 76.8 Å². The van der Waals surface area contributed by atoms with E-state index in [1.54, 1.807) is 0 Å². The van der Waals surface area contributed by atoms with Crippen molar-refractivity contribution in [3.8, 4) is 0 Å². The van der Waals surface area contributed by atoms with Gasteiger partial charge < -0.3 is 4.74 Å². The topological polar surface area (TPSA) is 43.4 Å². The van der Waals surface area contributed by atoms with E-state index in [4.69, 9.17) is 11.6 Å². The summed E-state index contributed by atoms with van der Waals surface area (Å²) in [4.78, 5) is 20.6. The zero-order chi connectivity index (χ0) is 10.5. The zero-order valence-electron chi connectivity index (χ0n) is 6.36. The third-order valence-electron chi connectivity index (χ3n) is 0.961. The molecule has 0 unspecified atom stereocenters. The van der Waals surface area contributed by atoms with E-state index < -0.39 is 24.3 Å². The molecule has 0 N–H and O–H groups in total. The molecule has 0 aromatic heterocycles. The molecular formula is C6H6ClF3O3. The minimum absolute atomic E-state index is 0.0219. The first-order chi connectivity index (χ1) is 5.88. The molecule has 0 aliphatic rings. The quantitative estimate of drug-likeness (QED) is 0.406. The van der Waals surface area contributed by atoms with Crippen LogP contribution in [0.25, 0.3) is 0 Å². The molecular weight excluding hydrogens is 213 g/mol. The highest BCUT2D eigenvalue weighted by molar-refractivity contribution is 6.18. The number of ether oxygens (including phenoxy) is 1. The Morgan fingerprint density at radius 3 is 2.23 bits per heavy atom. The van der Waals surface area contributed by atoms with Crippen LogP contribution in [0.3, 0.4) is 0 Å². The van der Waals surface area contributed by atoms with Gasteiger partial charge in [0.25, 0.3) is 0 Å². The zero-order valence-corrected chi connectivity index (χ0v) is 7.11. The standard InChI is InChI=1S/C6H6ClF3O3/c7-1-2-13-5(12)3-4(11)6(8,9)10/h1-3H2. The van der Waals surface area contributed by atoms with Gasteiger partial charge in [-0.15, -0.1) is 11.6 Å². The number of rotatable bonds is 4. The number of halogens is 4. The Morgan fingerprint density at radius 1 is 1.31 bits per heavy atom. The van der Waals surface area contributed by atoms with Crippen molar-refractivity contribution >= 4 is 23.4 Å². The normalized spacial score (nSPS) is 11.1. The van der Waals surface area contributed by atoms with Crippen LogP contribution in [0.5, 0.6) is 0 Å². The SMILES string of the molecule is O=C(CC(=O)C(F)(F)F)OCCCl. The summed E-state index contributed by atoms with van der Waals surface area (Å²) in [6, 6.07) is 0. The molecule has 0 aliphatic heterocycles. The average Bonchev–Trinajstić information content (AvgIpc) is 1.99. The van der Waals surface area contributed by atoms with Crippen molar-refractivity contribution in [2.45, 2.75) is 12.6 Å². The Bertz CT molecular complexity index is 202. The van der Waals surface area contributed by atoms with Gasteiger partial charge in [0.15, 0.2) is 0 Å². The lowest BCUT2D eigenvalue weighted by Crippen LogP contribution is -2.26. The van der Waals surface area contributed by atoms with Crippen LogP contribution in [-0.2, 0) is 14.3 Å². The second-order valence-electron chi connectivity index (χ2n) is 2.01. The maximum absolute atomic E-state index is 11.5. The van der Waals surface area contributed by atoms with E-state index in [1.807, 2.05) is 0 Å². The van der Waals surface area contributed by atoms with Gasteiger partial charge in [0, 0.05) is 0 Å².